The van der Waals surface area contributed by atoms with Crippen LogP contribution in [0.5, 0.6) is 0 Å². The van der Waals surface area contributed by atoms with Gasteiger partial charge in [0.25, 0.3) is 0 Å². The third kappa shape index (κ3) is 6.46. The lowest BCUT2D eigenvalue weighted by Crippen LogP contribution is -2.52. The van der Waals surface area contributed by atoms with Crippen LogP contribution in [0.15, 0.2) is 176 Å². The monoisotopic (exact) mass is 758 g/mol. The highest BCUT2D eigenvalue weighted by Gasteiger charge is 2.20. The number of para-hydroxylation sites is 2. The molecule has 0 spiro atoms. The molecule has 0 saturated heterocycles. The lowest BCUT2D eigenvalue weighted by Gasteiger charge is -2.27. The van der Waals surface area contributed by atoms with E-state index in [1.807, 2.05) is 42.5 Å². The van der Waals surface area contributed by atoms with Crippen LogP contribution < -0.4 is 43.1 Å². The minimum atomic E-state index is 0.151. The molecule has 0 aliphatic heterocycles. The zero-order valence-electron chi connectivity index (χ0n) is 33.2. The largest absolute Gasteiger partial charge is 0.311 e. The van der Waals surface area contributed by atoms with Gasteiger partial charge in [0.05, 0.1) is 11.0 Å². The van der Waals surface area contributed by atoms with Crippen LogP contribution in [0.25, 0.3) is 71.6 Å². The van der Waals surface area contributed by atoms with Crippen molar-refractivity contribution in [3.05, 3.63) is 176 Å². The molecule has 0 bridgehead atoms. The number of anilines is 3. The molecule has 61 heavy (non-hydrogen) atoms. The van der Waals surface area contributed by atoms with Crippen molar-refractivity contribution in [3.63, 3.8) is 0 Å². The zero-order valence-corrected chi connectivity index (χ0v) is 33.2. The first kappa shape index (κ1) is 38.5. The Morgan fingerprint density at radius 2 is 0.721 bits per heavy atom. The van der Waals surface area contributed by atoms with Gasteiger partial charge in [0, 0.05) is 33.5 Å². The number of nitrogens with zero attached hydrogens (tertiary/aromatic N) is 2. The van der Waals surface area contributed by atoms with E-state index in [1.165, 1.54) is 21.8 Å². The number of fused-ring (bicyclic) bond motifs is 4. The van der Waals surface area contributed by atoms with Crippen molar-refractivity contribution in [2.75, 3.05) is 4.90 Å². The molecule has 1 aromatic heterocycles. The Morgan fingerprint density at radius 1 is 0.311 bits per heavy atom. The Kier molecular flexibility index (Phi) is 9.72. The average molecular weight is 758 g/mol. The summed E-state index contributed by atoms with van der Waals surface area (Å²) in [6, 6.07) is 61.5. The second-order valence-corrected chi connectivity index (χ2v) is 15.3. The van der Waals surface area contributed by atoms with E-state index in [9.17, 15) is 0 Å². The summed E-state index contributed by atoms with van der Waals surface area (Å²) in [6.07, 6.45) is 0. The second-order valence-electron chi connectivity index (χ2n) is 15.3. The molecule has 0 fully saturated rings. The number of rotatable bonds is 7. The van der Waals surface area contributed by atoms with Gasteiger partial charge in [-0.1, -0.05) is 137 Å². The third-order valence-electron chi connectivity index (χ3n) is 11.8. The number of aromatic nitrogens is 1. The molecule has 1 heterocycles. The van der Waals surface area contributed by atoms with Crippen LogP contribution in [-0.4, -0.2) is 59.5 Å². The van der Waals surface area contributed by atoms with E-state index in [4.69, 9.17) is 54.9 Å². The van der Waals surface area contributed by atoms with Crippen molar-refractivity contribution < 1.29 is 0 Å². The van der Waals surface area contributed by atoms with Gasteiger partial charge in [-0.3, -0.25) is 0 Å². The lowest BCUT2D eigenvalue weighted by atomic mass is 9.59. The van der Waals surface area contributed by atoms with Gasteiger partial charge in [-0.05, 0) is 105 Å². The Labute approximate surface area is 365 Å². The van der Waals surface area contributed by atoms with Crippen molar-refractivity contribution in [2.24, 2.45) is 0 Å². The summed E-state index contributed by atoms with van der Waals surface area (Å²) in [5.74, 6) is 0. The number of hydrogen-bond acceptors (Lipinski definition) is 1. The van der Waals surface area contributed by atoms with Crippen molar-refractivity contribution in [1.82, 2.24) is 4.57 Å². The molecule has 0 aliphatic rings. The molecule has 2 nitrogen and oxygen atoms in total. The van der Waals surface area contributed by atoms with E-state index in [0.29, 0.717) is 16.3 Å². The lowest BCUT2D eigenvalue weighted by molar-refractivity contribution is 1.18. The number of hydrogen-bond donors (Lipinski definition) is 0. The van der Waals surface area contributed by atoms with E-state index >= 15 is 0 Å². The fourth-order valence-corrected chi connectivity index (χ4v) is 8.70. The summed E-state index contributed by atoms with van der Waals surface area (Å²) < 4.78 is 2.34. The molecule has 0 unspecified atom stereocenters. The van der Waals surface area contributed by atoms with Crippen LogP contribution in [0.4, 0.5) is 17.1 Å². The van der Waals surface area contributed by atoms with Crippen LogP contribution in [-0.2, 0) is 0 Å². The number of benzene rings is 9. The highest BCUT2D eigenvalue weighted by molar-refractivity contribution is 6.71. The Bertz CT molecular complexity index is 3250. The highest BCUT2D eigenvalue weighted by Crippen LogP contribution is 2.39. The summed E-state index contributed by atoms with van der Waals surface area (Å²) in [5.41, 5.74) is 13.6. The molecular formula is C52H29B7N2. The molecule has 0 amide bonds. The van der Waals surface area contributed by atoms with Crippen LogP contribution in [0, 0.1) is 0 Å². The second kappa shape index (κ2) is 15.4. The highest BCUT2D eigenvalue weighted by atomic mass is 15.1. The minimum Gasteiger partial charge on any atom is -0.311 e. The summed E-state index contributed by atoms with van der Waals surface area (Å²) in [4.78, 5) is 2.22. The van der Waals surface area contributed by atoms with Crippen molar-refractivity contribution >= 4 is 143 Å². The van der Waals surface area contributed by atoms with Gasteiger partial charge in [0.2, 0.25) is 0 Å². The molecular weight excluding hydrogens is 728 g/mol. The van der Waals surface area contributed by atoms with E-state index in [-0.39, 0.29) is 38.2 Å². The first-order chi connectivity index (χ1) is 29.7. The maximum Gasteiger partial charge on any atom is 0.113 e. The predicted octanol–water partition coefficient (Wildman–Crippen LogP) is 5.96. The van der Waals surface area contributed by atoms with Gasteiger partial charge in [0.15, 0.2) is 0 Å². The van der Waals surface area contributed by atoms with E-state index < -0.39 is 0 Å². The quantitative estimate of drug-likeness (QED) is 0.182. The molecule has 0 atom stereocenters. The van der Waals surface area contributed by atoms with Crippen molar-refractivity contribution in [1.29, 1.82) is 0 Å². The van der Waals surface area contributed by atoms with Crippen molar-refractivity contribution in [2.45, 2.75) is 0 Å². The molecule has 10 rings (SSSR count). The summed E-state index contributed by atoms with van der Waals surface area (Å²) in [6.45, 7) is 0. The van der Waals surface area contributed by atoms with Gasteiger partial charge in [-0.15, -0.1) is 16.4 Å². The minimum absolute atomic E-state index is 0.151. The molecule has 0 saturated carbocycles. The van der Waals surface area contributed by atoms with Gasteiger partial charge in [-0.2, -0.15) is 0 Å². The molecule has 0 aliphatic carbocycles. The molecule has 9 heteroatoms. The van der Waals surface area contributed by atoms with Gasteiger partial charge in [0.1, 0.15) is 54.9 Å². The van der Waals surface area contributed by atoms with Gasteiger partial charge in [-0.25, -0.2) is 0 Å². The predicted molar refractivity (Wildman–Crippen MR) is 267 cm³/mol. The molecule has 14 radical (unpaired) electrons. The fourth-order valence-electron chi connectivity index (χ4n) is 8.70. The Hall–Kier alpha value is -6.71. The summed E-state index contributed by atoms with van der Waals surface area (Å²) in [7, 11) is 45.3. The first-order valence-corrected chi connectivity index (χ1v) is 20.0. The van der Waals surface area contributed by atoms with Crippen LogP contribution in [0.2, 0.25) is 0 Å². The third-order valence-corrected chi connectivity index (χ3v) is 11.8. The normalized spacial score (nSPS) is 11.4. The standard InChI is InChI=1S/C52H29B7N2/c53-46-43(44-45(48(55)50(46)57)49(56)52(59)51(58)47(44)54)33-21-27-37(28-22-33)60(35-23-17-31(18-24-35)30-9-2-1-3-10-30)36-25-19-32(20-26-36)34-11-8-12-38(29-34)61-41-15-6-4-13-39(41)40-14-5-7-16-42(40)61/h1-29H. The fraction of sp³-hybridized carbons (Fsp3) is 0. The van der Waals surface area contributed by atoms with Gasteiger partial charge < -0.3 is 9.47 Å². The smallest absolute Gasteiger partial charge is 0.113 e. The van der Waals surface area contributed by atoms with Crippen LogP contribution >= 0.6 is 0 Å². The molecule has 0 N–H and O–H groups in total. The Morgan fingerprint density at radius 3 is 1.26 bits per heavy atom. The summed E-state index contributed by atoms with van der Waals surface area (Å²) >= 11 is 0. The average Bonchev–Trinajstić information content (AvgIpc) is 3.65. The van der Waals surface area contributed by atoms with Gasteiger partial charge >= 0.3 is 0 Å². The topological polar surface area (TPSA) is 8.17 Å². The summed E-state index contributed by atoms with van der Waals surface area (Å²) in [5, 5.41) is 3.40. The van der Waals surface area contributed by atoms with E-state index in [0.717, 1.165) is 50.6 Å². The van der Waals surface area contributed by atoms with Crippen LogP contribution in [0.1, 0.15) is 0 Å². The van der Waals surface area contributed by atoms with Crippen LogP contribution in [0.3, 0.4) is 0 Å². The van der Waals surface area contributed by atoms with E-state index in [1.54, 1.807) is 0 Å². The first-order valence-electron chi connectivity index (χ1n) is 20.0. The van der Waals surface area contributed by atoms with Crippen molar-refractivity contribution in [3.8, 4) is 39.1 Å². The SMILES string of the molecule is [B]c1c([B])c([B])c2c(-c3ccc(N(c4ccc(-c5ccccc5)cc4)c4ccc(-c5cccc(-n6c7ccccc7c7ccccc76)c5)cc4)cc3)c([B])c([B])c([B])c2c1[B]. The maximum absolute atomic E-state index is 6.69. The molecule has 10 aromatic rings. The molecule has 9 aromatic carbocycles. The Balaban J connectivity index is 1.06. The molecule has 268 valence electrons. The maximum atomic E-state index is 6.69. The zero-order chi connectivity index (χ0) is 41.9. The van der Waals surface area contributed by atoms with E-state index in [2.05, 4.69) is 143 Å².